The summed E-state index contributed by atoms with van der Waals surface area (Å²) in [7, 11) is 0. The Balaban J connectivity index is 0.00000400. The highest BCUT2D eigenvalue weighted by atomic mass is 35.5. The highest BCUT2D eigenvalue weighted by Crippen LogP contribution is 2.25. The van der Waals surface area contributed by atoms with Crippen molar-refractivity contribution in [3.8, 4) is 11.5 Å². The Morgan fingerprint density at radius 3 is 1.25 bits per heavy atom. The summed E-state index contributed by atoms with van der Waals surface area (Å²) >= 11 is 0. The van der Waals surface area contributed by atoms with Crippen molar-refractivity contribution in [2.75, 3.05) is 52.5 Å². The third-order valence-electron chi connectivity index (χ3n) is 9.76. The van der Waals surface area contributed by atoms with Gasteiger partial charge in [0, 0.05) is 36.1 Å². The number of nitrogens with zero attached hydrogens (tertiary/aromatic N) is 2. The van der Waals surface area contributed by atoms with Crippen LogP contribution in [0.5, 0.6) is 11.5 Å². The van der Waals surface area contributed by atoms with E-state index in [-0.39, 0.29) is 48.2 Å². The molecule has 270 valence electrons. The van der Waals surface area contributed by atoms with Crippen molar-refractivity contribution in [1.82, 2.24) is 9.80 Å². The number of halogens is 2. The van der Waals surface area contributed by atoms with Gasteiger partial charge in [-0.3, -0.25) is 9.59 Å². The first-order chi connectivity index (χ1) is 22.6. The lowest BCUT2D eigenvalue weighted by atomic mass is 9.88. The van der Waals surface area contributed by atoms with Crippen LogP contribution in [-0.4, -0.2) is 73.8 Å². The number of carbonyl (C=O) groups is 2. The fraction of sp³-hybridized carbons (Fsp3) is 0.650. The van der Waals surface area contributed by atoms with E-state index in [2.05, 4.69) is 23.6 Å². The number of piperidine rings is 2. The van der Waals surface area contributed by atoms with Crippen molar-refractivity contribution in [3.63, 3.8) is 0 Å². The lowest BCUT2D eigenvalue weighted by Gasteiger charge is -2.31. The summed E-state index contributed by atoms with van der Waals surface area (Å²) in [4.78, 5) is 32.7. The maximum Gasteiger partial charge on any atom is 0.167 e. The van der Waals surface area contributed by atoms with E-state index in [0.29, 0.717) is 13.2 Å². The molecule has 0 bridgehead atoms. The second-order valence-electron chi connectivity index (χ2n) is 13.6. The highest BCUT2D eigenvalue weighted by molar-refractivity contribution is 5.98. The summed E-state index contributed by atoms with van der Waals surface area (Å²) in [6, 6.07) is 15.6. The van der Waals surface area contributed by atoms with Gasteiger partial charge in [-0.25, -0.2) is 0 Å². The fourth-order valence-electron chi connectivity index (χ4n) is 6.87. The predicted octanol–water partition coefficient (Wildman–Crippen LogP) is 9.72. The number of likely N-dealkylation sites (tertiary alicyclic amines) is 2. The Labute approximate surface area is 303 Å². The Bertz CT molecular complexity index is 1060. The fourth-order valence-corrected chi connectivity index (χ4v) is 6.87. The molecule has 0 saturated carbocycles. The van der Waals surface area contributed by atoms with E-state index in [1.807, 2.05) is 48.5 Å². The van der Waals surface area contributed by atoms with Crippen molar-refractivity contribution >= 4 is 36.4 Å². The molecule has 0 N–H and O–H groups in total. The van der Waals surface area contributed by atoms with Crippen LogP contribution in [0.1, 0.15) is 124 Å². The maximum atomic E-state index is 13.8. The smallest absolute Gasteiger partial charge is 0.167 e. The first-order valence-corrected chi connectivity index (χ1v) is 18.6. The highest BCUT2D eigenvalue weighted by Gasteiger charge is 2.26. The monoisotopic (exact) mass is 704 g/mol. The molecule has 0 radical (unpaired) electrons. The van der Waals surface area contributed by atoms with Gasteiger partial charge in [0.15, 0.2) is 11.6 Å². The number of hydrogen-bond acceptors (Lipinski definition) is 6. The zero-order valence-corrected chi connectivity index (χ0v) is 31.3. The van der Waals surface area contributed by atoms with Crippen LogP contribution in [0.15, 0.2) is 48.5 Å². The molecule has 8 heteroatoms. The van der Waals surface area contributed by atoms with Crippen LogP contribution in [0.25, 0.3) is 0 Å². The summed E-state index contributed by atoms with van der Waals surface area (Å²) in [5.41, 5.74) is 1.57. The zero-order valence-electron chi connectivity index (χ0n) is 29.7. The van der Waals surface area contributed by atoms with Gasteiger partial charge in [0.25, 0.3) is 0 Å². The second kappa shape index (κ2) is 24.1. The average molecular weight is 706 g/mol. The van der Waals surface area contributed by atoms with Gasteiger partial charge in [-0.1, -0.05) is 52.4 Å². The zero-order chi connectivity index (χ0) is 32.4. The molecule has 0 aromatic heterocycles. The van der Waals surface area contributed by atoms with Gasteiger partial charge in [-0.05, 0) is 126 Å². The van der Waals surface area contributed by atoms with E-state index in [4.69, 9.17) is 9.47 Å². The van der Waals surface area contributed by atoms with Crippen molar-refractivity contribution in [2.24, 2.45) is 11.8 Å². The third kappa shape index (κ3) is 14.4. The first-order valence-electron chi connectivity index (χ1n) is 18.6. The van der Waals surface area contributed by atoms with Gasteiger partial charge in [-0.2, -0.15) is 0 Å². The molecule has 2 aliphatic rings. The van der Waals surface area contributed by atoms with E-state index in [1.54, 1.807) is 0 Å². The molecule has 2 fully saturated rings. The van der Waals surface area contributed by atoms with Crippen LogP contribution in [0.2, 0.25) is 0 Å². The first kappa shape index (κ1) is 42.0. The number of unbranched alkanes of at least 4 members (excludes halogenated alkanes) is 3. The third-order valence-corrected chi connectivity index (χ3v) is 9.76. The molecule has 2 atom stereocenters. The topological polar surface area (TPSA) is 59.1 Å². The van der Waals surface area contributed by atoms with Crippen molar-refractivity contribution in [1.29, 1.82) is 0 Å². The van der Waals surface area contributed by atoms with Crippen molar-refractivity contribution < 1.29 is 19.1 Å². The molecular formula is C40H62Cl2N2O4. The lowest BCUT2D eigenvalue weighted by molar-refractivity contribution is 0.0833. The maximum absolute atomic E-state index is 13.8. The Kier molecular flexibility index (Phi) is 21.1. The van der Waals surface area contributed by atoms with Gasteiger partial charge >= 0.3 is 0 Å². The Morgan fingerprint density at radius 2 is 0.917 bits per heavy atom. The normalized spacial score (nSPS) is 16.6. The average Bonchev–Trinajstić information content (AvgIpc) is 3.10. The Hall–Kier alpha value is -2.12. The number of carbonyl (C=O) groups excluding carboxylic acids is 2. The number of benzene rings is 2. The molecular weight excluding hydrogens is 643 g/mol. The summed E-state index contributed by atoms with van der Waals surface area (Å²) in [6.07, 6.45) is 15.3. The summed E-state index contributed by atoms with van der Waals surface area (Å²) in [6.45, 7) is 11.7. The van der Waals surface area contributed by atoms with Crippen LogP contribution in [0.3, 0.4) is 0 Å². The van der Waals surface area contributed by atoms with E-state index in [1.165, 1.54) is 38.5 Å². The van der Waals surface area contributed by atoms with Crippen LogP contribution in [0, 0.1) is 11.8 Å². The van der Waals surface area contributed by atoms with E-state index in [9.17, 15) is 9.59 Å². The van der Waals surface area contributed by atoms with Crippen LogP contribution < -0.4 is 9.47 Å². The summed E-state index contributed by atoms with van der Waals surface area (Å²) in [5, 5.41) is 0. The molecule has 0 spiro atoms. The molecule has 2 saturated heterocycles. The van der Waals surface area contributed by atoms with Gasteiger partial charge < -0.3 is 19.3 Å². The minimum atomic E-state index is -0.0264. The molecule has 0 amide bonds. The number of Topliss-reactive ketones (excluding diaryl/α,β-unsaturated/α-hetero) is 2. The minimum Gasteiger partial charge on any atom is -0.494 e. The SMILES string of the molecule is CCCCOc1ccc(C(=O)C(CCCCC(CN2CCCCC2)C(=O)c2ccc(OCCCC)cc2)CN2CCCCC2)cc1.Cl.Cl. The van der Waals surface area contributed by atoms with E-state index in [0.717, 1.165) is 113 Å². The van der Waals surface area contributed by atoms with Gasteiger partial charge in [-0.15, -0.1) is 24.8 Å². The van der Waals surface area contributed by atoms with Crippen molar-refractivity contribution in [3.05, 3.63) is 59.7 Å². The van der Waals surface area contributed by atoms with Gasteiger partial charge in [0.2, 0.25) is 0 Å². The summed E-state index contributed by atoms with van der Waals surface area (Å²) in [5.74, 6) is 2.10. The van der Waals surface area contributed by atoms with Crippen LogP contribution in [0.4, 0.5) is 0 Å². The molecule has 2 aromatic rings. The lowest BCUT2D eigenvalue weighted by Crippen LogP contribution is -2.37. The molecule has 4 rings (SSSR count). The Morgan fingerprint density at radius 1 is 0.562 bits per heavy atom. The number of hydrogen-bond donors (Lipinski definition) is 0. The van der Waals surface area contributed by atoms with Crippen LogP contribution in [-0.2, 0) is 0 Å². The quantitative estimate of drug-likeness (QED) is 0.0953. The van der Waals surface area contributed by atoms with E-state index < -0.39 is 0 Å². The molecule has 0 aliphatic carbocycles. The van der Waals surface area contributed by atoms with Crippen molar-refractivity contribution in [2.45, 2.75) is 104 Å². The van der Waals surface area contributed by atoms with E-state index >= 15 is 0 Å². The number of ketones is 2. The van der Waals surface area contributed by atoms with Gasteiger partial charge in [0.05, 0.1) is 13.2 Å². The molecule has 2 aromatic carbocycles. The number of ether oxygens (including phenoxy) is 2. The number of rotatable bonds is 21. The summed E-state index contributed by atoms with van der Waals surface area (Å²) < 4.78 is 11.7. The predicted molar refractivity (Wildman–Crippen MR) is 203 cm³/mol. The molecule has 2 heterocycles. The molecule has 48 heavy (non-hydrogen) atoms. The van der Waals surface area contributed by atoms with Crippen LogP contribution >= 0.6 is 24.8 Å². The molecule has 2 aliphatic heterocycles. The molecule has 2 unspecified atom stereocenters. The largest absolute Gasteiger partial charge is 0.494 e. The van der Waals surface area contributed by atoms with Gasteiger partial charge in [0.1, 0.15) is 11.5 Å². The second-order valence-corrected chi connectivity index (χ2v) is 13.6. The molecule has 6 nitrogen and oxygen atoms in total. The minimum absolute atomic E-state index is 0. The standard InChI is InChI=1S/C40H60N2O4.2ClH/c1-3-5-29-45-37-21-17-33(18-22-37)39(43)35(31-41-25-11-7-12-26-41)15-9-10-16-36(32-42-27-13-8-14-28-42)40(44)34-19-23-38(24-20-34)46-30-6-4-2;;/h17-24,35-36H,3-16,25-32H2,1-2H3;2*1H.